The molecule has 0 saturated heterocycles. The summed E-state index contributed by atoms with van der Waals surface area (Å²) in [4.78, 5) is 0. The Bertz CT molecular complexity index is 215. The zero-order valence-electron chi connectivity index (χ0n) is 5.18. The Balaban J connectivity index is 3.10. The average molecular weight is 164 g/mol. The standard InChI is InChI=1S/C4H6ClN3O2/c1-2-3(8(9)10)4(5)7-6-2/h8-9H,1H3,(H,6,7). The summed E-state index contributed by atoms with van der Waals surface area (Å²) in [7, 11) is 0. The maximum atomic E-state index is 10.4. The van der Waals surface area contributed by atoms with Crippen LogP contribution in [0.15, 0.2) is 0 Å². The Morgan fingerprint density at radius 1 is 1.80 bits per heavy atom. The molecule has 1 atom stereocenters. The van der Waals surface area contributed by atoms with Crippen LogP contribution in [-0.2, 0) is 0 Å². The van der Waals surface area contributed by atoms with Gasteiger partial charge in [-0.05, 0) is 6.92 Å². The molecular weight excluding hydrogens is 158 g/mol. The minimum absolute atomic E-state index is 0.00463. The molecule has 0 fully saturated rings. The highest BCUT2D eigenvalue weighted by molar-refractivity contribution is 6.31. The minimum Gasteiger partial charge on any atom is -0.595 e. The van der Waals surface area contributed by atoms with Crippen LogP contribution in [0.3, 0.4) is 0 Å². The van der Waals surface area contributed by atoms with E-state index >= 15 is 0 Å². The molecule has 1 rings (SSSR count). The summed E-state index contributed by atoms with van der Waals surface area (Å²) in [6.07, 6.45) is 0. The van der Waals surface area contributed by atoms with Gasteiger partial charge in [-0.25, -0.2) is 5.21 Å². The van der Waals surface area contributed by atoms with Crippen molar-refractivity contribution < 1.29 is 10.4 Å². The van der Waals surface area contributed by atoms with Crippen molar-refractivity contribution in [2.75, 3.05) is 0 Å². The van der Waals surface area contributed by atoms with Crippen molar-refractivity contribution in [2.24, 2.45) is 0 Å². The van der Waals surface area contributed by atoms with Gasteiger partial charge in [-0.2, -0.15) is 10.3 Å². The Morgan fingerprint density at radius 3 is 2.60 bits per heavy atom. The number of quaternary nitrogens is 1. The number of nitrogens with one attached hydrogen (secondary N) is 2. The summed E-state index contributed by atoms with van der Waals surface area (Å²) < 4.78 is 0. The lowest BCUT2D eigenvalue weighted by Crippen LogP contribution is -2.99. The molecule has 0 bridgehead atoms. The summed E-state index contributed by atoms with van der Waals surface area (Å²) in [5.74, 6) is 0. The molecule has 0 aromatic carbocycles. The maximum absolute atomic E-state index is 10.4. The third-order valence-corrected chi connectivity index (χ3v) is 1.39. The first-order valence-corrected chi connectivity index (χ1v) is 2.94. The van der Waals surface area contributed by atoms with Crippen LogP contribution in [0.5, 0.6) is 0 Å². The number of hydrogen-bond donors (Lipinski definition) is 3. The predicted molar refractivity (Wildman–Crippen MR) is 34.1 cm³/mol. The van der Waals surface area contributed by atoms with Crippen LogP contribution in [-0.4, -0.2) is 15.4 Å². The summed E-state index contributed by atoms with van der Waals surface area (Å²) in [5.41, 5.74) is 0.513. The highest BCUT2D eigenvalue weighted by Gasteiger charge is 2.13. The molecule has 5 nitrogen and oxygen atoms in total. The van der Waals surface area contributed by atoms with Crippen molar-refractivity contribution in [1.82, 2.24) is 10.2 Å². The van der Waals surface area contributed by atoms with Crippen LogP contribution in [0.1, 0.15) is 5.69 Å². The van der Waals surface area contributed by atoms with Gasteiger partial charge in [-0.3, -0.25) is 5.10 Å². The summed E-state index contributed by atoms with van der Waals surface area (Å²) in [6, 6.07) is 0. The van der Waals surface area contributed by atoms with E-state index in [1.807, 2.05) is 0 Å². The van der Waals surface area contributed by atoms with Crippen molar-refractivity contribution in [3.63, 3.8) is 0 Å². The average Bonchev–Trinajstić information content (AvgIpc) is 2.11. The zero-order chi connectivity index (χ0) is 7.72. The molecule has 3 N–H and O–H groups in total. The van der Waals surface area contributed by atoms with Crippen LogP contribution in [0, 0.1) is 12.1 Å². The van der Waals surface area contributed by atoms with E-state index in [1.165, 1.54) is 0 Å². The Kier molecular flexibility index (Phi) is 1.91. The maximum Gasteiger partial charge on any atom is 0.224 e. The van der Waals surface area contributed by atoms with E-state index in [-0.39, 0.29) is 10.8 Å². The lowest BCUT2D eigenvalue weighted by molar-refractivity contribution is -0.991. The van der Waals surface area contributed by atoms with E-state index in [4.69, 9.17) is 16.8 Å². The highest BCUT2D eigenvalue weighted by Crippen LogP contribution is 2.16. The predicted octanol–water partition coefficient (Wildman–Crippen LogP) is -0.225. The largest absolute Gasteiger partial charge is 0.595 e. The third-order valence-electron chi connectivity index (χ3n) is 1.12. The van der Waals surface area contributed by atoms with E-state index in [0.717, 1.165) is 0 Å². The molecule has 1 unspecified atom stereocenters. The first-order chi connectivity index (χ1) is 4.63. The van der Waals surface area contributed by atoms with Gasteiger partial charge in [0.25, 0.3) is 0 Å². The fraction of sp³-hybridized carbons (Fsp3) is 0.250. The van der Waals surface area contributed by atoms with E-state index in [9.17, 15) is 5.21 Å². The molecule has 1 aromatic heterocycles. The molecule has 10 heavy (non-hydrogen) atoms. The summed E-state index contributed by atoms with van der Waals surface area (Å²) in [5, 5.41) is 23.7. The van der Waals surface area contributed by atoms with Gasteiger partial charge in [0.2, 0.25) is 10.8 Å². The molecule has 56 valence electrons. The van der Waals surface area contributed by atoms with Gasteiger partial charge < -0.3 is 5.21 Å². The molecule has 0 amide bonds. The normalized spacial score (nSPS) is 13.6. The molecule has 0 aliphatic heterocycles. The second-order valence-corrected chi connectivity index (χ2v) is 2.18. The van der Waals surface area contributed by atoms with Gasteiger partial charge in [0, 0.05) is 0 Å². The van der Waals surface area contributed by atoms with E-state index in [1.54, 1.807) is 6.92 Å². The fourth-order valence-electron chi connectivity index (χ4n) is 0.648. The fourth-order valence-corrected chi connectivity index (χ4v) is 0.913. The van der Waals surface area contributed by atoms with Crippen LogP contribution >= 0.6 is 11.6 Å². The molecule has 0 spiro atoms. The number of hydrogen-bond acceptors (Lipinski definition) is 3. The van der Waals surface area contributed by atoms with Crippen molar-refractivity contribution in [3.8, 4) is 0 Å². The first kappa shape index (κ1) is 7.49. The van der Waals surface area contributed by atoms with Crippen LogP contribution in [0.25, 0.3) is 0 Å². The number of aromatic nitrogens is 2. The van der Waals surface area contributed by atoms with Gasteiger partial charge >= 0.3 is 0 Å². The quantitative estimate of drug-likeness (QED) is 0.501. The van der Waals surface area contributed by atoms with Gasteiger partial charge in [-0.15, -0.1) is 0 Å². The van der Waals surface area contributed by atoms with Crippen molar-refractivity contribution >= 4 is 17.3 Å². The SMILES string of the molecule is Cc1[nH]nc(Cl)c1[NH+]([O-])O. The topological polar surface area (TPSA) is 76.4 Å². The van der Waals surface area contributed by atoms with E-state index in [2.05, 4.69) is 10.2 Å². The lowest BCUT2D eigenvalue weighted by atomic mass is 10.4. The Morgan fingerprint density at radius 2 is 2.40 bits per heavy atom. The number of aryl methyl sites for hydroxylation is 1. The minimum atomic E-state index is -1.06. The van der Waals surface area contributed by atoms with E-state index < -0.39 is 5.23 Å². The smallest absolute Gasteiger partial charge is 0.224 e. The zero-order valence-corrected chi connectivity index (χ0v) is 5.94. The van der Waals surface area contributed by atoms with Crippen LogP contribution < -0.4 is 5.23 Å². The number of H-pyrrole nitrogens is 1. The second-order valence-electron chi connectivity index (χ2n) is 1.82. The number of rotatable bonds is 1. The van der Waals surface area contributed by atoms with Crippen LogP contribution in [0.2, 0.25) is 5.15 Å². The molecular formula is C4H6ClN3O2. The molecule has 1 aromatic rings. The van der Waals surface area contributed by atoms with Gasteiger partial charge in [0.1, 0.15) is 0 Å². The van der Waals surface area contributed by atoms with Crippen molar-refractivity contribution in [1.29, 1.82) is 0 Å². The number of nitrogens with zero attached hydrogens (tertiary/aromatic N) is 1. The Hall–Kier alpha value is -0.620. The van der Waals surface area contributed by atoms with Gasteiger partial charge in [0.05, 0.1) is 5.69 Å². The monoisotopic (exact) mass is 163 g/mol. The second kappa shape index (κ2) is 2.55. The Labute approximate surface area is 61.8 Å². The number of halogens is 1. The first-order valence-electron chi connectivity index (χ1n) is 2.56. The molecule has 1 heterocycles. The summed E-state index contributed by atoms with van der Waals surface area (Å²) >= 11 is 5.42. The van der Waals surface area contributed by atoms with Crippen LogP contribution in [0.4, 0.5) is 5.69 Å². The lowest BCUT2D eigenvalue weighted by Gasteiger charge is -2.09. The van der Waals surface area contributed by atoms with Crippen molar-refractivity contribution in [3.05, 3.63) is 16.1 Å². The summed E-state index contributed by atoms with van der Waals surface area (Å²) in [6.45, 7) is 1.60. The number of aromatic amines is 1. The van der Waals surface area contributed by atoms with Gasteiger partial charge in [-0.1, -0.05) is 11.6 Å². The van der Waals surface area contributed by atoms with Gasteiger partial charge in [0.15, 0.2) is 0 Å². The highest BCUT2D eigenvalue weighted by atomic mass is 35.5. The molecule has 0 radical (unpaired) electrons. The molecule has 0 saturated carbocycles. The van der Waals surface area contributed by atoms with E-state index in [0.29, 0.717) is 5.69 Å². The molecule has 6 heteroatoms. The van der Waals surface area contributed by atoms with Crippen molar-refractivity contribution in [2.45, 2.75) is 6.92 Å². The third kappa shape index (κ3) is 1.12. The molecule has 0 aliphatic carbocycles. The molecule has 0 aliphatic rings.